The maximum atomic E-state index is 14.3. The number of carbonyl (C=O) groups excluding carboxylic acids is 1. The van der Waals surface area contributed by atoms with Gasteiger partial charge >= 0.3 is 0 Å². The molecule has 2 N–H and O–H groups in total. The van der Waals surface area contributed by atoms with Gasteiger partial charge in [0.1, 0.15) is 5.83 Å². The van der Waals surface area contributed by atoms with Crippen LogP contribution in [0.15, 0.2) is 41.8 Å². The third-order valence-electron chi connectivity index (χ3n) is 5.16. The quantitative estimate of drug-likeness (QED) is 0.216. The monoisotopic (exact) mass is 540 g/mol. The standard InChI is InChI=1S/C20H28ClFN2O.2C5H12.C2H6/c1-5-8-18(22)17(6-2)14(4)19(7-3)23-12-15-9-10-16(21)11-20(15)24-13-25;1-5(2,3)4;1-4-5(2)3;1-2/h6,8-11,13-14,19,23H,5,7,12H2,1-4H3,(H,24,25);1-4H3;5H,4H2,1-3H3;1-2H3/b17-6-,18-8+;;;/t14?,19-;;;/m0.../s1. The van der Waals surface area contributed by atoms with E-state index >= 15 is 0 Å². The minimum absolute atomic E-state index is 0.0348. The largest absolute Gasteiger partial charge is 0.328 e. The summed E-state index contributed by atoms with van der Waals surface area (Å²) in [5.41, 5.74) is 2.85. The van der Waals surface area contributed by atoms with Crippen LogP contribution in [-0.4, -0.2) is 12.5 Å². The van der Waals surface area contributed by atoms with E-state index in [0.717, 1.165) is 23.5 Å². The minimum Gasteiger partial charge on any atom is -0.328 e. The molecule has 0 saturated heterocycles. The number of carbonyl (C=O) groups is 1. The van der Waals surface area contributed by atoms with Crippen LogP contribution in [0.1, 0.15) is 115 Å². The van der Waals surface area contributed by atoms with E-state index in [1.54, 1.807) is 18.2 Å². The molecule has 1 rings (SSSR count). The van der Waals surface area contributed by atoms with Crippen LogP contribution < -0.4 is 10.6 Å². The van der Waals surface area contributed by atoms with Crippen LogP contribution in [0.25, 0.3) is 0 Å². The lowest BCUT2D eigenvalue weighted by Crippen LogP contribution is -2.35. The van der Waals surface area contributed by atoms with Gasteiger partial charge in [-0.2, -0.15) is 0 Å². The molecule has 1 aromatic carbocycles. The summed E-state index contributed by atoms with van der Waals surface area (Å²) < 4.78 is 14.3. The SMILES string of the molecule is C/C=C(\C(F)=C/CC)C(C)[C@H](CC)NCc1ccc(Cl)cc1NC=O.CC.CC(C)(C)C.CCC(C)C. The second-order valence-corrected chi connectivity index (χ2v) is 11.2. The van der Waals surface area contributed by atoms with Crippen LogP contribution in [-0.2, 0) is 11.3 Å². The highest BCUT2D eigenvalue weighted by molar-refractivity contribution is 6.30. The molecule has 0 aromatic heterocycles. The normalized spacial score (nSPS) is 13.2. The molecule has 0 aliphatic carbocycles. The van der Waals surface area contributed by atoms with Gasteiger partial charge in [-0.05, 0) is 66.4 Å². The highest BCUT2D eigenvalue weighted by Gasteiger charge is 2.21. The van der Waals surface area contributed by atoms with E-state index < -0.39 is 0 Å². The number of anilines is 1. The highest BCUT2D eigenvalue weighted by Crippen LogP contribution is 2.27. The number of amides is 1. The minimum atomic E-state index is -0.146. The van der Waals surface area contributed by atoms with E-state index in [9.17, 15) is 9.18 Å². The predicted octanol–water partition coefficient (Wildman–Crippen LogP) is 10.8. The van der Waals surface area contributed by atoms with Gasteiger partial charge in [0.25, 0.3) is 0 Å². The number of allylic oxidation sites excluding steroid dienone is 3. The fourth-order valence-corrected chi connectivity index (χ4v) is 3.12. The number of hydrogen-bond acceptors (Lipinski definition) is 2. The second kappa shape index (κ2) is 23.5. The fraction of sp³-hybridized carbons (Fsp3) is 0.656. The molecule has 5 heteroatoms. The maximum absolute atomic E-state index is 14.3. The van der Waals surface area contributed by atoms with Crippen LogP contribution in [0.2, 0.25) is 5.02 Å². The molecule has 1 aromatic rings. The van der Waals surface area contributed by atoms with Crippen molar-refractivity contribution in [3.63, 3.8) is 0 Å². The van der Waals surface area contributed by atoms with Crippen molar-refractivity contribution in [3.05, 3.63) is 52.3 Å². The Morgan fingerprint density at radius 1 is 1.05 bits per heavy atom. The molecule has 1 unspecified atom stereocenters. The van der Waals surface area contributed by atoms with Gasteiger partial charge in [-0.15, -0.1) is 0 Å². The van der Waals surface area contributed by atoms with Crippen molar-refractivity contribution in [1.29, 1.82) is 0 Å². The first-order chi connectivity index (χ1) is 17.2. The van der Waals surface area contributed by atoms with Gasteiger partial charge in [-0.3, -0.25) is 4.79 Å². The molecule has 37 heavy (non-hydrogen) atoms. The van der Waals surface area contributed by atoms with E-state index in [1.165, 1.54) is 6.42 Å². The number of hydrogen-bond donors (Lipinski definition) is 2. The third-order valence-corrected chi connectivity index (χ3v) is 5.40. The maximum Gasteiger partial charge on any atom is 0.211 e. The molecule has 2 atom stereocenters. The van der Waals surface area contributed by atoms with Gasteiger partial charge in [0, 0.05) is 23.3 Å². The molecule has 0 radical (unpaired) electrons. The van der Waals surface area contributed by atoms with Gasteiger partial charge in [0.15, 0.2) is 0 Å². The van der Waals surface area contributed by atoms with Crippen molar-refractivity contribution in [1.82, 2.24) is 5.32 Å². The van der Waals surface area contributed by atoms with Crippen molar-refractivity contribution < 1.29 is 9.18 Å². The summed E-state index contributed by atoms with van der Waals surface area (Å²) in [6.45, 7) is 27.9. The Labute approximate surface area is 234 Å². The summed E-state index contributed by atoms with van der Waals surface area (Å²) in [5.74, 6) is 0.773. The molecule has 0 bridgehead atoms. The summed E-state index contributed by atoms with van der Waals surface area (Å²) in [7, 11) is 0. The third kappa shape index (κ3) is 22.1. The molecule has 0 fully saturated rings. The number of nitrogens with one attached hydrogen (secondary N) is 2. The first kappa shape index (κ1) is 39.9. The number of halogens is 2. The lowest BCUT2D eigenvalue weighted by Gasteiger charge is -2.26. The van der Waals surface area contributed by atoms with E-state index in [1.807, 2.05) is 46.8 Å². The molecule has 0 saturated carbocycles. The second-order valence-electron chi connectivity index (χ2n) is 10.8. The van der Waals surface area contributed by atoms with Crippen LogP contribution in [0.3, 0.4) is 0 Å². The molecule has 216 valence electrons. The zero-order valence-electron chi connectivity index (χ0n) is 26.2. The Hall–Kier alpha value is -1.65. The van der Waals surface area contributed by atoms with Gasteiger partial charge in [0.05, 0.1) is 0 Å². The van der Waals surface area contributed by atoms with Gasteiger partial charge in [-0.1, -0.05) is 113 Å². The van der Waals surface area contributed by atoms with Crippen molar-refractivity contribution in [3.8, 4) is 0 Å². The molecule has 0 heterocycles. The van der Waals surface area contributed by atoms with E-state index in [2.05, 4.69) is 66.0 Å². The smallest absolute Gasteiger partial charge is 0.211 e. The Morgan fingerprint density at radius 2 is 1.57 bits per heavy atom. The van der Waals surface area contributed by atoms with Crippen molar-refractivity contribution >= 4 is 23.7 Å². The first-order valence-electron chi connectivity index (χ1n) is 14.0. The molecule has 3 nitrogen and oxygen atoms in total. The Bertz CT molecular complexity index is 761. The van der Waals surface area contributed by atoms with Gasteiger partial charge in [-0.25, -0.2) is 4.39 Å². The lowest BCUT2D eigenvalue weighted by molar-refractivity contribution is -0.105. The average molecular weight is 541 g/mol. The first-order valence-corrected chi connectivity index (χ1v) is 14.4. The summed E-state index contributed by atoms with van der Waals surface area (Å²) in [4.78, 5) is 10.8. The van der Waals surface area contributed by atoms with Crippen LogP contribution >= 0.6 is 11.6 Å². The summed E-state index contributed by atoms with van der Waals surface area (Å²) in [6.07, 6.45) is 6.94. The van der Waals surface area contributed by atoms with Crippen LogP contribution in [0, 0.1) is 17.3 Å². The van der Waals surface area contributed by atoms with Crippen molar-refractivity contribution in [2.24, 2.45) is 17.3 Å². The number of rotatable bonds is 11. The molecular formula is C32H58ClFN2O. The Kier molecular flexibility index (Phi) is 25.3. The highest BCUT2D eigenvalue weighted by atomic mass is 35.5. The van der Waals surface area contributed by atoms with E-state index in [-0.39, 0.29) is 17.8 Å². The molecule has 1 amide bonds. The fourth-order valence-electron chi connectivity index (χ4n) is 2.95. The zero-order valence-corrected chi connectivity index (χ0v) is 26.9. The van der Waals surface area contributed by atoms with Crippen LogP contribution in [0.4, 0.5) is 10.1 Å². The van der Waals surface area contributed by atoms with Gasteiger partial charge < -0.3 is 10.6 Å². The van der Waals surface area contributed by atoms with Crippen molar-refractivity contribution in [2.45, 2.75) is 122 Å². The summed E-state index contributed by atoms with van der Waals surface area (Å²) >= 11 is 5.99. The molecule has 0 aliphatic rings. The van der Waals surface area contributed by atoms with E-state index in [0.29, 0.717) is 35.5 Å². The zero-order chi connectivity index (χ0) is 29.6. The molecule has 0 aliphatic heterocycles. The summed E-state index contributed by atoms with van der Waals surface area (Å²) in [5, 5.41) is 6.72. The molecule has 0 spiro atoms. The van der Waals surface area contributed by atoms with Crippen LogP contribution in [0.5, 0.6) is 0 Å². The topological polar surface area (TPSA) is 41.1 Å². The van der Waals surface area contributed by atoms with Gasteiger partial charge in [0.2, 0.25) is 6.41 Å². The van der Waals surface area contributed by atoms with E-state index in [4.69, 9.17) is 11.6 Å². The lowest BCUT2D eigenvalue weighted by atomic mass is 9.89. The Balaban J connectivity index is -0.000000803. The van der Waals surface area contributed by atoms with Crippen molar-refractivity contribution in [2.75, 3.05) is 5.32 Å². The average Bonchev–Trinajstić information content (AvgIpc) is 2.82. The predicted molar refractivity (Wildman–Crippen MR) is 166 cm³/mol. The summed E-state index contributed by atoms with van der Waals surface area (Å²) in [6, 6.07) is 5.51. The number of benzene rings is 1. The Morgan fingerprint density at radius 3 is 1.95 bits per heavy atom. The molecular weight excluding hydrogens is 483 g/mol.